The quantitative estimate of drug-likeness (QED) is 0.863. The molecule has 0 spiro atoms. The van der Waals surface area contributed by atoms with E-state index in [1.807, 2.05) is 14.0 Å². The summed E-state index contributed by atoms with van der Waals surface area (Å²) in [5, 5.41) is 8.92. The molecule has 1 atom stereocenters. The second-order valence-corrected chi connectivity index (χ2v) is 7.06. The summed E-state index contributed by atoms with van der Waals surface area (Å²) in [7, 11) is -1.94. The maximum atomic E-state index is 13.5. The maximum Gasteiger partial charge on any atom is 0.242 e. The highest BCUT2D eigenvalue weighted by Crippen LogP contribution is 2.27. The highest BCUT2D eigenvalue weighted by atomic mass is 32.2. The number of nitrogens with one attached hydrogen (secondary N) is 1. The number of hydrogen-bond donors (Lipinski definition) is 1. The maximum absolute atomic E-state index is 13.5. The normalized spacial score (nSPS) is 16.7. The first-order chi connectivity index (χ1) is 9.86. The highest BCUT2D eigenvalue weighted by molar-refractivity contribution is 7.89. The number of sulfonamides is 1. The summed E-state index contributed by atoms with van der Waals surface area (Å²) >= 11 is 0. The van der Waals surface area contributed by atoms with Crippen molar-refractivity contribution in [3.8, 4) is 6.07 Å². The molecule has 0 amide bonds. The van der Waals surface area contributed by atoms with Gasteiger partial charge >= 0.3 is 0 Å². The highest BCUT2D eigenvalue weighted by Gasteiger charge is 2.30. The van der Waals surface area contributed by atoms with E-state index >= 15 is 0 Å². The van der Waals surface area contributed by atoms with Crippen molar-refractivity contribution < 1.29 is 12.8 Å². The fourth-order valence-corrected chi connectivity index (χ4v) is 3.42. The van der Waals surface area contributed by atoms with Gasteiger partial charge in [-0.3, -0.25) is 4.90 Å². The Morgan fingerprint density at radius 1 is 1.52 bits per heavy atom. The van der Waals surface area contributed by atoms with E-state index < -0.39 is 21.4 Å². The predicted octanol–water partition coefficient (Wildman–Crippen LogP) is 1.46. The van der Waals surface area contributed by atoms with Gasteiger partial charge in [0.15, 0.2) is 0 Å². The van der Waals surface area contributed by atoms with Crippen molar-refractivity contribution in [2.24, 2.45) is 0 Å². The molecular weight excluding hydrogens is 293 g/mol. The van der Waals surface area contributed by atoms with Crippen LogP contribution in [-0.2, 0) is 10.0 Å². The van der Waals surface area contributed by atoms with Gasteiger partial charge in [0.1, 0.15) is 22.3 Å². The molecule has 1 fully saturated rings. The summed E-state index contributed by atoms with van der Waals surface area (Å²) in [6, 6.07) is 5.75. The lowest BCUT2D eigenvalue weighted by molar-refractivity contribution is 0.248. The smallest absolute Gasteiger partial charge is 0.242 e. The first-order valence-corrected chi connectivity index (χ1v) is 8.25. The number of likely N-dealkylation sites (N-methyl/N-ethyl adjacent to an activating group) is 1. The minimum atomic E-state index is -3.90. The van der Waals surface area contributed by atoms with Crippen molar-refractivity contribution in [2.45, 2.75) is 36.7 Å². The molecule has 5 nitrogen and oxygen atoms in total. The Morgan fingerprint density at radius 3 is 2.76 bits per heavy atom. The molecule has 0 aliphatic heterocycles. The van der Waals surface area contributed by atoms with Crippen LogP contribution in [0.25, 0.3) is 0 Å². The van der Waals surface area contributed by atoms with Crippen LogP contribution < -0.4 is 4.72 Å². The fourth-order valence-electron chi connectivity index (χ4n) is 2.13. The molecule has 1 aliphatic carbocycles. The van der Waals surface area contributed by atoms with Crippen LogP contribution in [0.5, 0.6) is 0 Å². The molecule has 1 N–H and O–H groups in total. The van der Waals surface area contributed by atoms with Crippen LogP contribution in [-0.4, -0.2) is 39.0 Å². The van der Waals surface area contributed by atoms with Crippen LogP contribution in [0.15, 0.2) is 23.1 Å². The Hall–Kier alpha value is -1.49. The summed E-state index contributed by atoms with van der Waals surface area (Å²) in [6.07, 6.45) is 2.27. The molecule has 0 radical (unpaired) electrons. The van der Waals surface area contributed by atoms with E-state index in [2.05, 4.69) is 9.62 Å². The fraction of sp³-hybridized carbons (Fsp3) is 0.500. The Labute approximate surface area is 124 Å². The van der Waals surface area contributed by atoms with Gasteiger partial charge in [-0.2, -0.15) is 5.26 Å². The predicted molar refractivity (Wildman–Crippen MR) is 76.6 cm³/mol. The summed E-state index contributed by atoms with van der Waals surface area (Å²) < 4.78 is 40.4. The van der Waals surface area contributed by atoms with Crippen molar-refractivity contribution in [1.82, 2.24) is 9.62 Å². The third-order valence-electron chi connectivity index (χ3n) is 3.76. The van der Waals surface area contributed by atoms with Crippen molar-refractivity contribution in [1.29, 1.82) is 5.26 Å². The molecular formula is C14H18FN3O2S. The summed E-state index contributed by atoms with van der Waals surface area (Å²) in [5.74, 6) is -0.830. The van der Waals surface area contributed by atoms with Gasteiger partial charge in [0.2, 0.25) is 10.0 Å². The van der Waals surface area contributed by atoms with Crippen LogP contribution in [0.3, 0.4) is 0 Å². The Bertz CT molecular complexity index is 665. The van der Waals surface area contributed by atoms with E-state index in [4.69, 9.17) is 5.26 Å². The van der Waals surface area contributed by atoms with E-state index in [1.165, 1.54) is 12.1 Å². The third kappa shape index (κ3) is 3.59. The average Bonchev–Trinajstić information content (AvgIpc) is 3.28. The van der Waals surface area contributed by atoms with Gasteiger partial charge in [0.05, 0.1) is 0 Å². The van der Waals surface area contributed by atoms with Crippen LogP contribution in [0.4, 0.5) is 4.39 Å². The first-order valence-electron chi connectivity index (χ1n) is 6.77. The number of rotatable bonds is 6. The number of nitrogens with zero attached hydrogens (tertiary/aromatic N) is 2. The molecule has 0 heterocycles. The van der Waals surface area contributed by atoms with Gasteiger partial charge in [-0.05, 0) is 38.9 Å². The molecule has 1 aromatic rings. The largest absolute Gasteiger partial charge is 0.299 e. The van der Waals surface area contributed by atoms with Crippen LogP contribution in [0, 0.1) is 17.1 Å². The SMILES string of the molecule is CC(CNS(=O)(=O)c1cccc(F)c1C#N)N(C)C1CC1. The minimum absolute atomic E-state index is 0.0337. The van der Waals surface area contributed by atoms with Gasteiger partial charge < -0.3 is 0 Å². The standard InChI is InChI=1S/C14H18FN3O2S/c1-10(18(2)11-6-7-11)9-17-21(19,20)14-5-3-4-13(15)12(14)8-16/h3-5,10-11,17H,6-7,9H2,1-2H3. The van der Waals surface area contributed by atoms with Crippen LogP contribution in [0.2, 0.25) is 0 Å². The zero-order valence-electron chi connectivity index (χ0n) is 12.0. The summed E-state index contributed by atoms with van der Waals surface area (Å²) in [4.78, 5) is 1.81. The Kier molecular flexibility index (Phi) is 4.61. The Morgan fingerprint density at radius 2 is 2.19 bits per heavy atom. The molecule has 0 bridgehead atoms. The number of nitriles is 1. The van der Waals surface area contributed by atoms with Crippen molar-refractivity contribution in [3.63, 3.8) is 0 Å². The zero-order valence-corrected chi connectivity index (χ0v) is 12.8. The van der Waals surface area contributed by atoms with Gasteiger partial charge in [0, 0.05) is 18.6 Å². The Balaban J connectivity index is 2.12. The molecule has 7 heteroatoms. The van der Waals surface area contributed by atoms with Crippen molar-refractivity contribution in [3.05, 3.63) is 29.6 Å². The molecule has 114 valence electrons. The minimum Gasteiger partial charge on any atom is -0.299 e. The van der Waals surface area contributed by atoms with E-state index in [0.29, 0.717) is 6.04 Å². The lowest BCUT2D eigenvalue weighted by Gasteiger charge is -2.24. The van der Waals surface area contributed by atoms with Gasteiger partial charge in [0.25, 0.3) is 0 Å². The number of halogens is 1. The number of hydrogen-bond acceptors (Lipinski definition) is 4. The molecule has 1 aliphatic rings. The molecule has 0 saturated heterocycles. The van der Waals surface area contributed by atoms with E-state index in [1.54, 1.807) is 6.07 Å². The number of benzene rings is 1. The monoisotopic (exact) mass is 311 g/mol. The van der Waals surface area contributed by atoms with Gasteiger partial charge in [-0.25, -0.2) is 17.5 Å². The molecule has 2 rings (SSSR count). The average molecular weight is 311 g/mol. The van der Waals surface area contributed by atoms with Crippen molar-refractivity contribution >= 4 is 10.0 Å². The van der Waals surface area contributed by atoms with Gasteiger partial charge in [-0.1, -0.05) is 6.07 Å². The summed E-state index contributed by atoms with van der Waals surface area (Å²) in [5.41, 5.74) is -0.451. The van der Waals surface area contributed by atoms with E-state index in [0.717, 1.165) is 18.9 Å². The van der Waals surface area contributed by atoms with Crippen LogP contribution >= 0.6 is 0 Å². The molecule has 21 heavy (non-hydrogen) atoms. The molecule has 1 unspecified atom stereocenters. The topological polar surface area (TPSA) is 73.2 Å². The third-order valence-corrected chi connectivity index (χ3v) is 5.23. The lowest BCUT2D eigenvalue weighted by Crippen LogP contribution is -2.41. The molecule has 1 aromatic carbocycles. The van der Waals surface area contributed by atoms with Gasteiger partial charge in [-0.15, -0.1) is 0 Å². The van der Waals surface area contributed by atoms with E-state index in [9.17, 15) is 12.8 Å². The lowest BCUT2D eigenvalue weighted by atomic mass is 10.2. The van der Waals surface area contributed by atoms with E-state index in [-0.39, 0.29) is 17.5 Å². The van der Waals surface area contributed by atoms with Crippen molar-refractivity contribution in [2.75, 3.05) is 13.6 Å². The van der Waals surface area contributed by atoms with Crippen LogP contribution in [0.1, 0.15) is 25.3 Å². The first kappa shape index (κ1) is 15.9. The zero-order chi connectivity index (χ0) is 15.6. The second-order valence-electron chi connectivity index (χ2n) is 5.32. The molecule has 1 saturated carbocycles. The second kappa shape index (κ2) is 6.10. The summed E-state index contributed by atoms with van der Waals surface area (Å²) in [6.45, 7) is 2.15. The molecule has 0 aromatic heterocycles.